The fourth-order valence-corrected chi connectivity index (χ4v) is 13.4. The highest BCUT2D eigenvalue weighted by Crippen LogP contribution is 2.87. The van der Waals surface area contributed by atoms with Crippen LogP contribution in [0.3, 0.4) is 0 Å². The molecule has 44 heavy (non-hydrogen) atoms. The van der Waals surface area contributed by atoms with Gasteiger partial charge in [-0.05, 0) is 130 Å². The van der Waals surface area contributed by atoms with Gasteiger partial charge in [-0.3, -0.25) is 4.90 Å². The van der Waals surface area contributed by atoms with Crippen molar-refractivity contribution in [2.45, 2.75) is 148 Å². The van der Waals surface area contributed by atoms with E-state index in [1.165, 1.54) is 57.8 Å². The molecule has 5 saturated carbocycles. The average molecular weight is 615 g/mol. The van der Waals surface area contributed by atoms with Crippen molar-refractivity contribution in [1.29, 1.82) is 0 Å². The van der Waals surface area contributed by atoms with E-state index in [1.54, 1.807) is 0 Å². The lowest BCUT2D eigenvalue weighted by Crippen LogP contribution is -2.62. The van der Waals surface area contributed by atoms with Crippen LogP contribution in [0, 0.1) is 45.3 Å². The van der Waals surface area contributed by atoms with Gasteiger partial charge in [0.15, 0.2) is 6.29 Å². The lowest BCUT2D eigenvalue weighted by molar-refractivity contribution is -0.248. The maximum Gasteiger partial charge on any atom is 0.170 e. The molecule has 0 aromatic carbocycles. The summed E-state index contributed by atoms with van der Waals surface area (Å²) in [5.41, 5.74) is 0.759. The molecule has 8 rings (SSSR count). The molecule has 8 unspecified atom stereocenters. The number of aliphatic hydroxyl groups is 1. The largest absolute Gasteiger partial charge is 0.388 e. The summed E-state index contributed by atoms with van der Waals surface area (Å²) in [6.07, 6.45) is 13.3. The lowest BCUT2D eigenvalue weighted by atomic mass is 9.46. The summed E-state index contributed by atoms with van der Waals surface area (Å²) < 4.78 is 26.2. The van der Waals surface area contributed by atoms with Crippen LogP contribution in [0.1, 0.15) is 106 Å². The molecule has 7 nitrogen and oxygen atoms in total. The minimum Gasteiger partial charge on any atom is -0.388 e. The normalized spacial score (nSPS) is 50.8. The number of ether oxygens (including phenoxy) is 4. The van der Waals surface area contributed by atoms with Crippen molar-refractivity contribution in [3.05, 3.63) is 0 Å². The molecule has 7 heteroatoms. The predicted octanol–water partition coefficient (Wildman–Crippen LogP) is 5.38. The molecule has 0 amide bonds. The molecule has 3 aliphatic heterocycles. The Morgan fingerprint density at radius 2 is 1.77 bits per heavy atom. The van der Waals surface area contributed by atoms with Crippen LogP contribution >= 0.6 is 0 Å². The van der Waals surface area contributed by atoms with E-state index in [4.69, 9.17) is 18.9 Å². The van der Waals surface area contributed by atoms with Crippen molar-refractivity contribution in [3.8, 4) is 0 Å². The standard InChI is InChI=1S/C37H62N2O5/c1-7-41-32(34(4,5)40)27-10-8-25-28(43-27)18-26-24-9-11-29-33(2,3)30(44-31-21-39(16-17-42-31)23-19-38-20-23)12-13-37(29)22-36(24,37)15-14-35(25,26)6/h23-32,38,40H,7-22H2,1-6H3/t24?,25?,26?,27?,28?,29?,30-,31?,32-,35+,36?,37+/m0/s1. The van der Waals surface area contributed by atoms with Gasteiger partial charge in [0.2, 0.25) is 0 Å². The van der Waals surface area contributed by atoms with E-state index in [1.807, 2.05) is 20.8 Å². The van der Waals surface area contributed by atoms with Crippen molar-refractivity contribution in [2.24, 2.45) is 45.3 Å². The second-order valence-corrected chi connectivity index (χ2v) is 18.1. The Morgan fingerprint density at radius 1 is 0.977 bits per heavy atom. The van der Waals surface area contributed by atoms with Crippen LogP contribution in [-0.4, -0.2) is 91.7 Å². The molecule has 12 atom stereocenters. The number of hydrogen-bond acceptors (Lipinski definition) is 7. The third-order valence-electron chi connectivity index (χ3n) is 15.6. The van der Waals surface area contributed by atoms with Crippen LogP contribution in [0.5, 0.6) is 0 Å². The van der Waals surface area contributed by atoms with Crippen molar-refractivity contribution >= 4 is 0 Å². The number of fused-ring (bicyclic) bond motifs is 4. The molecule has 0 aromatic rings. The Bertz CT molecular complexity index is 1090. The quantitative estimate of drug-likeness (QED) is 0.399. The monoisotopic (exact) mass is 614 g/mol. The van der Waals surface area contributed by atoms with E-state index in [2.05, 4.69) is 31.0 Å². The van der Waals surface area contributed by atoms with Crippen LogP contribution in [0.4, 0.5) is 0 Å². The summed E-state index contributed by atoms with van der Waals surface area (Å²) in [4.78, 5) is 2.59. The van der Waals surface area contributed by atoms with Gasteiger partial charge in [-0.25, -0.2) is 0 Å². The van der Waals surface area contributed by atoms with E-state index in [0.717, 1.165) is 57.0 Å². The second-order valence-electron chi connectivity index (χ2n) is 18.1. The number of nitrogens with zero attached hydrogens (tertiary/aromatic N) is 1. The van der Waals surface area contributed by atoms with E-state index >= 15 is 0 Å². The van der Waals surface area contributed by atoms with E-state index in [-0.39, 0.29) is 23.9 Å². The molecule has 250 valence electrons. The smallest absolute Gasteiger partial charge is 0.170 e. The number of morpholine rings is 1. The Hall–Kier alpha value is -0.280. The lowest BCUT2D eigenvalue weighted by Gasteiger charge is -2.60. The van der Waals surface area contributed by atoms with Gasteiger partial charge in [0, 0.05) is 38.8 Å². The number of nitrogens with one attached hydrogen (secondary N) is 1. The summed E-state index contributed by atoms with van der Waals surface area (Å²) >= 11 is 0. The van der Waals surface area contributed by atoms with Crippen LogP contribution in [0.15, 0.2) is 0 Å². The van der Waals surface area contributed by atoms with Gasteiger partial charge in [-0.1, -0.05) is 20.8 Å². The minimum atomic E-state index is -0.891. The Labute approximate surface area is 266 Å². The number of rotatable bonds is 7. The van der Waals surface area contributed by atoms with Gasteiger partial charge < -0.3 is 29.4 Å². The van der Waals surface area contributed by atoms with Gasteiger partial charge in [0.25, 0.3) is 0 Å². The van der Waals surface area contributed by atoms with Crippen LogP contribution in [0.2, 0.25) is 0 Å². The summed E-state index contributed by atoms with van der Waals surface area (Å²) in [6, 6.07) is 0.662. The molecule has 3 saturated heterocycles. The predicted molar refractivity (Wildman–Crippen MR) is 170 cm³/mol. The second kappa shape index (κ2) is 10.6. The molecule has 0 bridgehead atoms. The topological polar surface area (TPSA) is 72.4 Å². The first-order valence-corrected chi connectivity index (χ1v) is 18.6. The molecular weight excluding hydrogens is 552 g/mol. The summed E-state index contributed by atoms with van der Waals surface area (Å²) in [7, 11) is 0. The van der Waals surface area contributed by atoms with Crippen LogP contribution < -0.4 is 5.32 Å². The van der Waals surface area contributed by atoms with Crippen LogP contribution in [0.25, 0.3) is 0 Å². The van der Waals surface area contributed by atoms with Crippen molar-refractivity contribution in [2.75, 3.05) is 39.4 Å². The first-order chi connectivity index (χ1) is 20.9. The van der Waals surface area contributed by atoms with Gasteiger partial charge in [-0.2, -0.15) is 0 Å². The van der Waals surface area contributed by atoms with E-state index in [9.17, 15) is 5.11 Å². The maximum atomic E-state index is 10.9. The summed E-state index contributed by atoms with van der Waals surface area (Å²) in [5, 5.41) is 14.4. The molecule has 8 fully saturated rings. The zero-order valence-corrected chi connectivity index (χ0v) is 28.6. The third kappa shape index (κ3) is 4.45. The molecule has 8 aliphatic rings. The van der Waals surface area contributed by atoms with Gasteiger partial charge in [0.1, 0.15) is 6.10 Å². The highest BCUT2D eigenvalue weighted by atomic mass is 16.7. The SMILES string of the molecule is CCO[C@@H](C1CCC2C(CC3C4CCC5C(C)(C)[C@@H](OC6CN(C7CNC7)CCO6)CC[C@@]56CC46CC[C@]23C)O1)C(C)(C)O. The zero-order valence-electron chi connectivity index (χ0n) is 28.6. The van der Waals surface area contributed by atoms with Crippen molar-refractivity contribution in [3.63, 3.8) is 0 Å². The molecule has 2 spiro atoms. The highest BCUT2D eigenvalue weighted by molar-refractivity contribution is 5.29. The van der Waals surface area contributed by atoms with Gasteiger partial charge >= 0.3 is 0 Å². The fourth-order valence-electron chi connectivity index (χ4n) is 13.4. The average Bonchev–Trinajstić information content (AvgIpc) is 3.52. The molecule has 3 heterocycles. The highest BCUT2D eigenvalue weighted by Gasteiger charge is 2.80. The van der Waals surface area contributed by atoms with Crippen molar-refractivity contribution in [1.82, 2.24) is 10.2 Å². The Balaban J connectivity index is 0.967. The molecule has 5 aliphatic carbocycles. The summed E-state index contributed by atoms with van der Waals surface area (Å²) in [6.45, 7) is 19.1. The minimum absolute atomic E-state index is 0.00129. The van der Waals surface area contributed by atoms with E-state index in [0.29, 0.717) is 47.0 Å². The molecule has 0 aromatic heterocycles. The first-order valence-electron chi connectivity index (χ1n) is 18.6. The maximum absolute atomic E-state index is 10.9. The number of hydrogen-bond donors (Lipinski definition) is 2. The molecule has 0 radical (unpaired) electrons. The Kier molecular flexibility index (Phi) is 7.48. The van der Waals surface area contributed by atoms with Crippen molar-refractivity contribution < 1.29 is 24.1 Å². The van der Waals surface area contributed by atoms with Crippen LogP contribution in [-0.2, 0) is 18.9 Å². The summed E-state index contributed by atoms with van der Waals surface area (Å²) in [5.74, 6) is 3.04. The molecule has 2 N–H and O–H groups in total. The third-order valence-corrected chi connectivity index (χ3v) is 15.6. The molecular formula is C37H62N2O5. The first kappa shape index (κ1) is 31.0. The van der Waals surface area contributed by atoms with Gasteiger partial charge in [0.05, 0.1) is 30.5 Å². The Morgan fingerprint density at radius 3 is 2.50 bits per heavy atom. The fraction of sp³-hybridized carbons (Fsp3) is 1.00. The van der Waals surface area contributed by atoms with Gasteiger partial charge in [-0.15, -0.1) is 0 Å². The zero-order chi connectivity index (χ0) is 30.7. The van der Waals surface area contributed by atoms with E-state index < -0.39 is 5.60 Å².